The summed E-state index contributed by atoms with van der Waals surface area (Å²) in [7, 11) is 0. The van der Waals surface area contributed by atoms with E-state index in [2.05, 4.69) is 15.5 Å². The lowest BCUT2D eigenvalue weighted by Crippen LogP contribution is -2.07. The van der Waals surface area contributed by atoms with Crippen LogP contribution in [0.5, 0.6) is 0 Å². The second-order valence-electron chi connectivity index (χ2n) is 3.84. The lowest BCUT2D eigenvalue weighted by molar-refractivity contribution is -0.385. The van der Waals surface area contributed by atoms with E-state index in [9.17, 15) is 14.5 Å². The van der Waals surface area contributed by atoms with Crippen molar-refractivity contribution in [2.45, 2.75) is 20.0 Å². The number of halogens is 1. The van der Waals surface area contributed by atoms with E-state index in [0.29, 0.717) is 24.6 Å². The standard InChI is InChI=1S/C11H12FN5O2/c1-2-16-7-14-15-11(16)6-13-9-3-8(12)4-10(5-9)17(18)19/h3-5,7,13H,2,6H2,1H3. The monoisotopic (exact) mass is 265 g/mol. The molecule has 7 nitrogen and oxygen atoms in total. The smallest absolute Gasteiger partial charge is 0.274 e. The Morgan fingerprint density at radius 3 is 2.95 bits per heavy atom. The van der Waals surface area contributed by atoms with Gasteiger partial charge in [-0.15, -0.1) is 10.2 Å². The molecule has 0 atom stereocenters. The fraction of sp³-hybridized carbons (Fsp3) is 0.273. The van der Waals surface area contributed by atoms with Gasteiger partial charge in [0.2, 0.25) is 0 Å². The zero-order valence-electron chi connectivity index (χ0n) is 10.2. The van der Waals surface area contributed by atoms with Gasteiger partial charge in [0.05, 0.1) is 17.5 Å². The predicted molar refractivity (Wildman–Crippen MR) is 66.1 cm³/mol. The Labute approximate surface area is 108 Å². The number of nitro groups is 1. The molecule has 0 aliphatic rings. The molecule has 1 aromatic carbocycles. The number of hydrogen-bond donors (Lipinski definition) is 1. The van der Waals surface area contributed by atoms with Gasteiger partial charge in [-0.1, -0.05) is 0 Å². The Morgan fingerprint density at radius 1 is 1.47 bits per heavy atom. The Hall–Kier alpha value is -2.51. The highest BCUT2D eigenvalue weighted by Gasteiger charge is 2.10. The average molecular weight is 265 g/mol. The van der Waals surface area contributed by atoms with E-state index in [0.717, 1.165) is 6.07 Å². The Bertz CT molecular complexity index is 599. The summed E-state index contributed by atoms with van der Waals surface area (Å²) in [6, 6.07) is 3.34. The molecule has 0 unspecified atom stereocenters. The molecule has 100 valence electrons. The minimum absolute atomic E-state index is 0.292. The van der Waals surface area contributed by atoms with Gasteiger partial charge in [-0.3, -0.25) is 10.1 Å². The topological polar surface area (TPSA) is 85.9 Å². The molecule has 0 aliphatic heterocycles. The molecule has 1 heterocycles. The third-order valence-electron chi connectivity index (χ3n) is 2.58. The van der Waals surface area contributed by atoms with Crippen LogP contribution in [0.2, 0.25) is 0 Å². The first-order chi connectivity index (χ1) is 9.10. The highest BCUT2D eigenvalue weighted by molar-refractivity contribution is 5.51. The molecule has 0 aliphatic carbocycles. The van der Waals surface area contributed by atoms with Crippen LogP contribution in [0, 0.1) is 15.9 Å². The predicted octanol–water partition coefficient (Wildman–Crippen LogP) is 1.96. The first kappa shape index (κ1) is 12.9. The summed E-state index contributed by atoms with van der Waals surface area (Å²) in [4.78, 5) is 9.99. The highest BCUT2D eigenvalue weighted by Crippen LogP contribution is 2.20. The third-order valence-corrected chi connectivity index (χ3v) is 2.58. The summed E-state index contributed by atoms with van der Waals surface area (Å²) in [6.45, 7) is 2.97. The number of benzene rings is 1. The number of nitrogens with one attached hydrogen (secondary N) is 1. The minimum atomic E-state index is -0.659. The molecular formula is C11H12FN5O2. The summed E-state index contributed by atoms with van der Waals surface area (Å²) < 4.78 is 15.0. The number of rotatable bonds is 5. The van der Waals surface area contributed by atoms with Crippen LogP contribution in [0.3, 0.4) is 0 Å². The van der Waals surface area contributed by atoms with Crippen molar-refractivity contribution in [2.24, 2.45) is 0 Å². The van der Waals surface area contributed by atoms with E-state index in [1.807, 2.05) is 11.5 Å². The highest BCUT2D eigenvalue weighted by atomic mass is 19.1. The lowest BCUT2D eigenvalue weighted by Gasteiger charge is -2.07. The van der Waals surface area contributed by atoms with Crippen molar-refractivity contribution in [3.63, 3.8) is 0 Å². The Kier molecular flexibility index (Phi) is 3.69. The van der Waals surface area contributed by atoms with Crippen LogP contribution in [0.1, 0.15) is 12.7 Å². The number of non-ortho nitro benzene ring substituents is 1. The van der Waals surface area contributed by atoms with Crippen molar-refractivity contribution < 1.29 is 9.31 Å². The van der Waals surface area contributed by atoms with Crippen molar-refractivity contribution in [1.29, 1.82) is 0 Å². The zero-order chi connectivity index (χ0) is 13.8. The maximum absolute atomic E-state index is 13.2. The second-order valence-corrected chi connectivity index (χ2v) is 3.84. The number of aryl methyl sites for hydroxylation is 1. The van der Waals surface area contributed by atoms with Gasteiger partial charge >= 0.3 is 0 Å². The molecule has 2 aromatic rings. The Balaban J connectivity index is 2.13. The number of nitrogens with zero attached hydrogens (tertiary/aromatic N) is 4. The van der Waals surface area contributed by atoms with Crippen LogP contribution in [0.15, 0.2) is 24.5 Å². The first-order valence-corrected chi connectivity index (χ1v) is 5.65. The number of hydrogen-bond acceptors (Lipinski definition) is 5. The van der Waals surface area contributed by atoms with Gasteiger partial charge in [0.15, 0.2) is 5.82 Å². The van der Waals surface area contributed by atoms with Crippen molar-refractivity contribution in [3.05, 3.63) is 46.3 Å². The van der Waals surface area contributed by atoms with E-state index < -0.39 is 10.7 Å². The molecule has 0 saturated heterocycles. The molecule has 0 radical (unpaired) electrons. The first-order valence-electron chi connectivity index (χ1n) is 5.65. The maximum Gasteiger partial charge on any atom is 0.274 e. The quantitative estimate of drug-likeness (QED) is 0.659. The molecule has 1 aromatic heterocycles. The van der Waals surface area contributed by atoms with Gasteiger partial charge in [-0.05, 0) is 13.0 Å². The van der Waals surface area contributed by atoms with Crippen molar-refractivity contribution in [3.8, 4) is 0 Å². The van der Waals surface area contributed by atoms with Crippen LogP contribution in [-0.4, -0.2) is 19.7 Å². The minimum Gasteiger partial charge on any atom is -0.377 e. The molecule has 0 spiro atoms. The van der Waals surface area contributed by atoms with Crippen molar-refractivity contribution >= 4 is 11.4 Å². The van der Waals surface area contributed by atoms with Gasteiger partial charge in [0, 0.05) is 18.3 Å². The molecule has 8 heteroatoms. The van der Waals surface area contributed by atoms with Gasteiger partial charge in [-0.25, -0.2) is 4.39 Å². The van der Waals surface area contributed by atoms with Gasteiger partial charge in [-0.2, -0.15) is 0 Å². The van der Waals surface area contributed by atoms with Gasteiger partial charge in [0.1, 0.15) is 12.1 Å². The lowest BCUT2D eigenvalue weighted by atomic mass is 10.2. The fourth-order valence-electron chi connectivity index (χ4n) is 1.64. The van der Waals surface area contributed by atoms with Gasteiger partial charge < -0.3 is 9.88 Å². The van der Waals surface area contributed by atoms with E-state index >= 15 is 0 Å². The van der Waals surface area contributed by atoms with Crippen LogP contribution in [0.4, 0.5) is 15.8 Å². The van der Waals surface area contributed by atoms with Crippen LogP contribution < -0.4 is 5.32 Å². The summed E-state index contributed by atoms with van der Waals surface area (Å²) in [5, 5.41) is 21.2. The maximum atomic E-state index is 13.2. The molecule has 0 saturated carbocycles. The van der Waals surface area contributed by atoms with E-state index in [1.54, 1.807) is 6.33 Å². The molecule has 1 N–H and O–H groups in total. The molecule has 0 fully saturated rings. The summed E-state index contributed by atoms with van der Waals surface area (Å²) in [5.74, 6) is 0.0167. The molecule has 19 heavy (non-hydrogen) atoms. The van der Waals surface area contributed by atoms with Crippen LogP contribution >= 0.6 is 0 Å². The third kappa shape index (κ3) is 3.03. The molecule has 0 bridgehead atoms. The van der Waals surface area contributed by atoms with E-state index in [1.165, 1.54) is 12.1 Å². The molecule has 2 rings (SSSR count). The van der Waals surface area contributed by atoms with E-state index in [-0.39, 0.29) is 5.69 Å². The zero-order valence-corrected chi connectivity index (χ0v) is 10.2. The average Bonchev–Trinajstić information content (AvgIpc) is 2.83. The van der Waals surface area contributed by atoms with Gasteiger partial charge in [0.25, 0.3) is 5.69 Å². The second kappa shape index (κ2) is 5.42. The summed E-state index contributed by atoms with van der Waals surface area (Å²) in [6.07, 6.45) is 1.59. The summed E-state index contributed by atoms with van der Waals surface area (Å²) >= 11 is 0. The van der Waals surface area contributed by atoms with Crippen LogP contribution in [0.25, 0.3) is 0 Å². The number of aromatic nitrogens is 3. The SMILES string of the molecule is CCn1cnnc1CNc1cc(F)cc([N+](=O)[O-])c1. The number of nitro benzene ring substituents is 1. The van der Waals surface area contributed by atoms with E-state index in [4.69, 9.17) is 0 Å². The molecular weight excluding hydrogens is 253 g/mol. The summed E-state index contributed by atoms with van der Waals surface area (Å²) in [5.41, 5.74) is 0.0387. The number of anilines is 1. The largest absolute Gasteiger partial charge is 0.377 e. The normalized spacial score (nSPS) is 10.4. The van der Waals surface area contributed by atoms with Crippen molar-refractivity contribution in [2.75, 3.05) is 5.32 Å². The Morgan fingerprint density at radius 2 is 2.26 bits per heavy atom. The molecule has 0 amide bonds. The fourth-order valence-corrected chi connectivity index (χ4v) is 1.64. The van der Waals surface area contributed by atoms with Crippen molar-refractivity contribution in [1.82, 2.24) is 14.8 Å². The van der Waals surface area contributed by atoms with Crippen LogP contribution in [-0.2, 0) is 13.1 Å².